The van der Waals surface area contributed by atoms with Crippen molar-refractivity contribution < 1.29 is 20.4 Å². The van der Waals surface area contributed by atoms with Gasteiger partial charge in [0.15, 0.2) is 0 Å². The summed E-state index contributed by atoms with van der Waals surface area (Å²) in [5.74, 6) is 0. The van der Waals surface area contributed by atoms with E-state index in [1.165, 1.54) is 0 Å². The molecule has 1 heterocycles. The van der Waals surface area contributed by atoms with Crippen LogP contribution in [0.25, 0.3) is 11.1 Å². The van der Waals surface area contributed by atoms with Crippen LogP contribution < -0.4 is 0 Å². The molecule has 1 fully saturated rings. The predicted molar refractivity (Wildman–Crippen MR) is 91.2 cm³/mol. The lowest BCUT2D eigenvalue weighted by Gasteiger charge is -2.23. The number of aliphatic hydroxyl groups is 4. The predicted octanol–water partition coefficient (Wildman–Crippen LogP) is 0.613. The first kappa shape index (κ1) is 17.1. The van der Waals surface area contributed by atoms with Gasteiger partial charge in [0.05, 0.1) is 12.2 Å². The summed E-state index contributed by atoms with van der Waals surface area (Å²) >= 11 is 0. The zero-order valence-corrected chi connectivity index (χ0v) is 13.4. The van der Waals surface area contributed by atoms with Gasteiger partial charge in [0.25, 0.3) is 0 Å². The van der Waals surface area contributed by atoms with E-state index < -0.39 is 24.4 Å². The standard InChI is InChI=1S/C19H23NO4/c21-16-11-20(12-17(22)19(24)18(16)23)10-13-6-8-15(9-7-13)14-4-2-1-3-5-14/h1-9,16-19,21-24H,10-12H2/t16-,17-,18-,19-/m1/s1. The third-order valence-corrected chi connectivity index (χ3v) is 4.50. The van der Waals surface area contributed by atoms with Gasteiger partial charge in [0.2, 0.25) is 0 Å². The molecule has 0 saturated carbocycles. The summed E-state index contributed by atoms with van der Waals surface area (Å²) in [6.45, 7) is 0.939. The molecule has 0 radical (unpaired) electrons. The fourth-order valence-corrected chi connectivity index (χ4v) is 3.10. The first-order chi connectivity index (χ1) is 11.5. The second-order valence-electron chi connectivity index (χ2n) is 6.37. The normalized spacial score (nSPS) is 28.5. The van der Waals surface area contributed by atoms with Crippen LogP contribution in [-0.4, -0.2) is 62.8 Å². The van der Waals surface area contributed by atoms with Crippen molar-refractivity contribution in [3.63, 3.8) is 0 Å². The van der Waals surface area contributed by atoms with Crippen LogP contribution in [0.1, 0.15) is 5.56 Å². The average Bonchev–Trinajstić information content (AvgIpc) is 2.69. The van der Waals surface area contributed by atoms with Crippen molar-refractivity contribution >= 4 is 0 Å². The van der Waals surface area contributed by atoms with E-state index in [-0.39, 0.29) is 13.1 Å². The summed E-state index contributed by atoms with van der Waals surface area (Å²) in [7, 11) is 0. The zero-order chi connectivity index (χ0) is 17.1. The molecule has 0 spiro atoms. The minimum Gasteiger partial charge on any atom is -0.389 e. The summed E-state index contributed by atoms with van der Waals surface area (Å²) in [6.07, 6.45) is -4.82. The van der Waals surface area contributed by atoms with Crippen LogP contribution in [0.15, 0.2) is 54.6 Å². The zero-order valence-electron chi connectivity index (χ0n) is 13.4. The Bertz CT molecular complexity index is 630. The SMILES string of the molecule is O[C@H]1[C@H](O)[C@H](O)CN(Cc2ccc(-c3ccccc3)cc2)C[C@H]1O. The van der Waals surface area contributed by atoms with E-state index in [0.717, 1.165) is 16.7 Å². The molecule has 2 aromatic rings. The molecule has 5 nitrogen and oxygen atoms in total. The molecule has 0 unspecified atom stereocenters. The maximum Gasteiger partial charge on any atom is 0.110 e. The molecule has 2 aromatic carbocycles. The Morgan fingerprint density at radius 1 is 0.708 bits per heavy atom. The first-order valence-electron chi connectivity index (χ1n) is 8.13. The second kappa shape index (κ2) is 7.42. The monoisotopic (exact) mass is 329 g/mol. The van der Waals surface area contributed by atoms with Crippen molar-refractivity contribution in [1.29, 1.82) is 0 Å². The Morgan fingerprint density at radius 3 is 1.75 bits per heavy atom. The molecule has 0 aromatic heterocycles. The number of nitrogens with zero attached hydrogens (tertiary/aromatic N) is 1. The van der Waals surface area contributed by atoms with E-state index in [2.05, 4.69) is 12.1 Å². The van der Waals surface area contributed by atoms with E-state index >= 15 is 0 Å². The van der Waals surface area contributed by atoms with Crippen LogP contribution in [0.4, 0.5) is 0 Å². The Morgan fingerprint density at radius 2 is 1.21 bits per heavy atom. The maximum absolute atomic E-state index is 9.92. The Balaban J connectivity index is 1.69. The number of benzene rings is 2. The van der Waals surface area contributed by atoms with Gasteiger partial charge in [-0.15, -0.1) is 0 Å². The molecule has 5 heteroatoms. The minimum atomic E-state index is -1.33. The molecular formula is C19H23NO4. The number of hydrogen-bond donors (Lipinski definition) is 4. The summed E-state index contributed by atoms with van der Waals surface area (Å²) in [6, 6.07) is 18.2. The lowest BCUT2D eigenvalue weighted by Crippen LogP contribution is -2.43. The number of rotatable bonds is 3. The van der Waals surface area contributed by atoms with Crippen LogP contribution in [0.5, 0.6) is 0 Å². The van der Waals surface area contributed by atoms with E-state index in [9.17, 15) is 20.4 Å². The molecule has 24 heavy (non-hydrogen) atoms. The molecule has 0 aliphatic carbocycles. The third kappa shape index (κ3) is 3.83. The van der Waals surface area contributed by atoms with Gasteiger partial charge >= 0.3 is 0 Å². The molecule has 0 amide bonds. The number of aliphatic hydroxyl groups excluding tert-OH is 4. The summed E-state index contributed by atoms with van der Waals surface area (Å²) in [5.41, 5.74) is 3.32. The highest BCUT2D eigenvalue weighted by Crippen LogP contribution is 2.21. The molecule has 1 saturated heterocycles. The van der Waals surface area contributed by atoms with Crippen LogP contribution in [0.2, 0.25) is 0 Å². The van der Waals surface area contributed by atoms with Gasteiger partial charge in [-0.2, -0.15) is 0 Å². The first-order valence-corrected chi connectivity index (χ1v) is 8.13. The molecule has 3 rings (SSSR count). The minimum absolute atomic E-state index is 0.204. The third-order valence-electron chi connectivity index (χ3n) is 4.50. The Hall–Kier alpha value is -1.76. The molecule has 0 bridgehead atoms. The van der Waals surface area contributed by atoms with Gasteiger partial charge in [-0.3, -0.25) is 4.90 Å². The lowest BCUT2D eigenvalue weighted by atomic mass is 10.0. The van der Waals surface area contributed by atoms with E-state index in [4.69, 9.17) is 0 Å². The lowest BCUT2D eigenvalue weighted by molar-refractivity contribution is -0.0894. The van der Waals surface area contributed by atoms with Gasteiger partial charge < -0.3 is 20.4 Å². The van der Waals surface area contributed by atoms with Crippen LogP contribution >= 0.6 is 0 Å². The summed E-state index contributed by atoms with van der Waals surface area (Å²) in [4.78, 5) is 1.84. The molecular weight excluding hydrogens is 306 g/mol. The molecule has 1 aliphatic heterocycles. The van der Waals surface area contributed by atoms with Crippen LogP contribution in [-0.2, 0) is 6.54 Å². The fraction of sp³-hybridized carbons (Fsp3) is 0.368. The van der Waals surface area contributed by atoms with Crippen LogP contribution in [0.3, 0.4) is 0 Å². The van der Waals surface area contributed by atoms with Crippen molar-refractivity contribution in [2.75, 3.05) is 13.1 Å². The Kier molecular flexibility index (Phi) is 5.28. The summed E-state index contributed by atoms with van der Waals surface area (Å²) in [5, 5.41) is 39.4. The molecule has 128 valence electrons. The maximum atomic E-state index is 9.92. The largest absolute Gasteiger partial charge is 0.389 e. The van der Waals surface area contributed by atoms with E-state index in [1.807, 2.05) is 47.4 Å². The molecule has 1 aliphatic rings. The molecule has 4 N–H and O–H groups in total. The fourth-order valence-electron chi connectivity index (χ4n) is 3.10. The van der Waals surface area contributed by atoms with Crippen molar-refractivity contribution in [2.45, 2.75) is 31.0 Å². The van der Waals surface area contributed by atoms with E-state index in [1.54, 1.807) is 0 Å². The van der Waals surface area contributed by atoms with Gasteiger partial charge in [-0.25, -0.2) is 0 Å². The van der Waals surface area contributed by atoms with E-state index in [0.29, 0.717) is 6.54 Å². The smallest absolute Gasteiger partial charge is 0.110 e. The van der Waals surface area contributed by atoms with Crippen molar-refractivity contribution in [3.05, 3.63) is 60.2 Å². The summed E-state index contributed by atoms with van der Waals surface area (Å²) < 4.78 is 0. The van der Waals surface area contributed by atoms with Crippen molar-refractivity contribution in [2.24, 2.45) is 0 Å². The highest BCUT2D eigenvalue weighted by molar-refractivity contribution is 5.63. The average molecular weight is 329 g/mol. The van der Waals surface area contributed by atoms with Gasteiger partial charge in [-0.05, 0) is 16.7 Å². The highest BCUT2D eigenvalue weighted by atomic mass is 16.4. The topological polar surface area (TPSA) is 84.2 Å². The van der Waals surface area contributed by atoms with Gasteiger partial charge in [-0.1, -0.05) is 54.6 Å². The quantitative estimate of drug-likeness (QED) is 0.663. The number of β-amino-alcohol motifs (C(OH)–C–C–N with tert-alkyl or cyclic N) is 2. The van der Waals surface area contributed by atoms with Gasteiger partial charge in [0, 0.05) is 19.6 Å². The van der Waals surface area contributed by atoms with Gasteiger partial charge in [0.1, 0.15) is 12.2 Å². The highest BCUT2D eigenvalue weighted by Gasteiger charge is 2.36. The Labute approximate surface area is 141 Å². The van der Waals surface area contributed by atoms with Crippen LogP contribution in [0, 0.1) is 0 Å². The second-order valence-corrected chi connectivity index (χ2v) is 6.37. The van der Waals surface area contributed by atoms with Crippen molar-refractivity contribution in [3.8, 4) is 11.1 Å². The molecule has 4 atom stereocenters. The number of hydrogen-bond acceptors (Lipinski definition) is 5. The number of likely N-dealkylation sites (tertiary alicyclic amines) is 1. The van der Waals surface area contributed by atoms with Crippen molar-refractivity contribution in [1.82, 2.24) is 4.90 Å².